The normalized spacial score (nSPS) is 26.2. The Morgan fingerprint density at radius 1 is 1.43 bits per heavy atom. The predicted molar refractivity (Wildman–Crippen MR) is 80.2 cm³/mol. The van der Waals surface area contributed by atoms with Gasteiger partial charge in [-0.1, -0.05) is 19.8 Å². The molecule has 0 aromatic rings. The first-order valence-corrected chi connectivity index (χ1v) is 7.64. The van der Waals surface area contributed by atoms with E-state index in [2.05, 4.69) is 10.6 Å². The summed E-state index contributed by atoms with van der Waals surface area (Å²) in [6.45, 7) is 8.57. The Labute approximate surface area is 126 Å². The lowest BCUT2D eigenvalue weighted by molar-refractivity contribution is -0.146. The smallest absolute Gasteiger partial charge is 0.329 e. The summed E-state index contributed by atoms with van der Waals surface area (Å²) in [6.07, 6.45) is 2.79. The fraction of sp³-hybridized carbons (Fsp3) is 0.867. The molecular formula is C15H28N2O4. The molecule has 2 unspecified atom stereocenters. The number of ether oxygens (including phenoxy) is 1. The number of hydrogen-bond donors (Lipinski definition) is 3. The highest BCUT2D eigenvalue weighted by Crippen LogP contribution is 2.32. The van der Waals surface area contributed by atoms with Gasteiger partial charge in [0.05, 0.1) is 5.60 Å². The second-order valence-electron chi connectivity index (χ2n) is 6.59. The molecule has 122 valence electrons. The monoisotopic (exact) mass is 300 g/mol. The first-order valence-electron chi connectivity index (χ1n) is 7.64. The number of rotatable bonds is 6. The molecule has 6 nitrogen and oxygen atoms in total. The van der Waals surface area contributed by atoms with Gasteiger partial charge in [0.25, 0.3) is 0 Å². The second kappa shape index (κ2) is 7.11. The quantitative estimate of drug-likeness (QED) is 0.701. The molecule has 0 heterocycles. The number of carbonyl (C=O) groups excluding carboxylic acids is 1. The summed E-state index contributed by atoms with van der Waals surface area (Å²) in [7, 11) is 0. The summed E-state index contributed by atoms with van der Waals surface area (Å²) in [4.78, 5) is 23.6. The first-order chi connectivity index (χ1) is 9.71. The van der Waals surface area contributed by atoms with Gasteiger partial charge in [-0.3, -0.25) is 0 Å². The molecule has 21 heavy (non-hydrogen) atoms. The SMILES string of the molecule is CCOC(C)(C)CNC(=O)NC1(C(=O)O)CCCC(C)C1. The molecule has 1 fully saturated rings. The van der Waals surface area contributed by atoms with Crippen LogP contribution < -0.4 is 10.6 Å². The molecule has 1 rings (SSSR count). The molecular weight excluding hydrogens is 272 g/mol. The molecule has 2 amide bonds. The highest BCUT2D eigenvalue weighted by Gasteiger charge is 2.43. The molecule has 0 saturated heterocycles. The van der Waals surface area contributed by atoms with E-state index in [0.29, 0.717) is 31.9 Å². The van der Waals surface area contributed by atoms with E-state index in [-0.39, 0.29) is 0 Å². The third-order valence-corrected chi connectivity index (χ3v) is 3.97. The van der Waals surface area contributed by atoms with E-state index in [1.54, 1.807) is 0 Å². The van der Waals surface area contributed by atoms with E-state index in [1.165, 1.54) is 0 Å². The molecule has 0 aromatic heterocycles. The number of urea groups is 1. The molecule has 1 aliphatic rings. The van der Waals surface area contributed by atoms with Gasteiger partial charge in [0.1, 0.15) is 5.54 Å². The van der Waals surface area contributed by atoms with Gasteiger partial charge in [-0.2, -0.15) is 0 Å². The van der Waals surface area contributed by atoms with Crippen LogP contribution >= 0.6 is 0 Å². The predicted octanol–water partition coefficient (Wildman–Crippen LogP) is 2.13. The average molecular weight is 300 g/mol. The molecule has 2 atom stereocenters. The summed E-state index contributed by atoms with van der Waals surface area (Å²) >= 11 is 0. The molecule has 6 heteroatoms. The van der Waals surface area contributed by atoms with Crippen LogP contribution in [0.5, 0.6) is 0 Å². The lowest BCUT2D eigenvalue weighted by atomic mass is 9.76. The van der Waals surface area contributed by atoms with Gasteiger partial charge in [0.2, 0.25) is 0 Å². The zero-order valence-corrected chi connectivity index (χ0v) is 13.5. The number of carboxylic acids is 1. The van der Waals surface area contributed by atoms with Crippen LogP contribution in [0, 0.1) is 5.92 Å². The Hall–Kier alpha value is -1.30. The van der Waals surface area contributed by atoms with E-state index < -0.39 is 23.1 Å². The number of carboxylic acid groups (broad SMARTS) is 1. The third-order valence-electron chi connectivity index (χ3n) is 3.97. The van der Waals surface area contributed by atoms with Gasteiger partial charge in [-0.15, -0.1) is 0 Å². The summed E-state index contributed by atoms with van der Waals surface area (Å²) in [5.41, 5.74) is -1.61. The second-order valence-corrected chi connectivity index (χ2v) is 6.59. The molecule has 0 aromatic carbocycles. The molecule has 3 N–H and O–H groups in total. The Morgan fingerprint density at radius 2 is 2.10 bits per heavy atom. The van der Waals surface area contributed by atoms with Crippen LogP contribution in [0.1, 0.15) is 53.4 Å². The fourth-order valence-electron chi connectivity index (χ4n) is 2.91. The van der Waals surface area contributed by atoms with Crippen molar-refractivity contribution in [1.29, 1.82) is 0 Å². The van der Waals surface area contributed by atoms with Crippen molar-refractivity contribution in [1.82, 2.24) is 10.6 Å². The van der Waals surface area contributed by atoms with Crippen LogP contribution in [0.25, 0.3) is 0 Å². The van der Waals surface area contributed by atoms with Crippen molar-refractivity contribution in [2.24, 2.45) is 5.92 Å². The minimum atomic E-state index is -1.14. The fourth-order valence-corrected chi connectivity index (χ4v) is 2.91. The van der Waals surface area contributed by atoms with Crippen molar-refractivity contribution < 1.29 is 19.4 Å². The van der Waals surface area contributed by atoms with Gasteiger partial charge in [-0.25, -0.2) is 9.59 Å². The highest BCUT2D eigenvalue weighted by molar-refractivity contribution is 5.86. The van der Waals surface area contributed by atoms with Gasteiger partial charge in [0.15, 0.2) is 0 Å². The van der Waals surface area contributed by atoms with Crippen molar-refractivity contribution in [3.63, 3.8) is 0 Å². The van der Waals surface area contributed by atoms with Gasteiger partial charge in [-0.05, 0) is 39.5 Å². The minimum Gasteiger partial charge on any atom is -0.480 e. The molecule has 0 radical (unpaired) electrons. The summed E-state index contributed by atoms with van der Waals surface area (Å²) in [5.74, 6) is -0.650. The number of aliphatic carboxylic acids is 1. The van der Waals surface area contributed by atoms with Crippen LogP contribution in [0.15, 0.2) is 0 Å². The van der Waals surface area contributed by atoms with Crippen molar-refractivity contribution in [2.75, 3.05) is 13.2 Å². The maximum absolute atomic E-state index is 12.0. The summed E-state index contributed by atoms with van der Waals surface area (Å²) in [5, 5.41) is 14.9. The number of nitrogens with one attached hydrogen (secondary N) is 2. The van der Waals surface area contributed by atoms with Crippen molar-refractivity contribution >= 4 is 12.0 Å². The minimum absolute atomic E-state index is 0.301. The number of amides is 2. The topological polar surface area (TPSA) is 87.7 Å². The maximum atomic E-state index is 12.0. The Bertz CT molecular complexity index is 384. The zero-order chi connectivity index (χ0) is 16.1. The third kappa shape index (κ3) is 5.19. The zero-order valence-electron chi connectivity index (χ0n) is 13.5. The van der Waals surface area contributed by atoms with Crippen molar-refractivity contribution in [3.8, 4) is 0 Å². The lowest BCUT2D eigenvalue weighted by Gasteiger charge is -2.37. The first kappa shape index (κ1) is 17.8. The molecule has 1 saturated carbocycles. The standard InChI is InChI=1S/C15H28N2O4/c1-5-21-14(3,4)10-16-13(20)17-15(12(18)19)8-6-7-11(2)9-15/h11H,5-10H2,1-4H3,(H,18,19)(H2,16,17,20). The Balaban J connectivity index is 2.60. The Morgan fingerprint density at radius 3 is 2.62 bits per heavy atom. The molecule has 1 aliphatic carbocycles. The van der Waals surface area contributed by atoms with Gasteiger partial charge in [0, 0.05) is 13.2 Å². The van der Waals surface area contributed by atoms with Crippen molar-refractivity contribution in [3.05, 3.63) is 0 Å². The molecule has 0 bridgehead atoms. The summed E-state index contributed by atoms with van der Waals surface area (Å²) < 4.78 is 5.50. The van der Waals surface area contributed by atoms with E-state index in [4.69, 9.17) is 4.74 Å². The molecule has 0 spiro atoms. The van der Waals surface area contributed by atoms with Crippen LogP contribution in [0.2, 0.25) is 0 Å². The van der Waals surface area contributed by atoms with E-state index in [9.17, 15) is 14.7 Å². The van der Waals surface area contributed by atoms with Crippen LogP contribution in [-0.2, 0) is 9.53 Å². The maximum Gasteiger partial charge on any atom is 0.329 e. The van der Waals surface area contributed by atoms with E-state index >= 15 is 0 Å². The van der Waals surface area contributed by atoms with Crippen molar-refractivity contribution in [2.45, 2.75) is 64.5 Å². The average Bonchev–Trinajstić information content (AvgIpc) is 2.36. The Kier molecular flexibility index (Phi) is 6.01. The van der Waals surface area contributed by atoms with E-state index in [0.717, 1.165) is 12.8 Å². The van der Waals surface area contributed by atoms with Crippen LogP contribution in [-0.4, -0.2) is 41.4 Å². The summed E-state index contributed by atoms with van der Waals surface area (Å²) in [6, 6.07) is -0.445. The highest BCUT2D eigenvalue weighted by atomic mass is 16.5. The molecule has 0 aliphatic heterocycles. The number of carbonyl (C=O) groups is 2. The number of hydrogen-bond acceptors (Lipinski definition) is 3. The largest absolute Gasteiger partial charge is 0.480 e. The van der Waals surface area contributed by atoms with Crippen LogP contribution in [0.3, 0.4) is 0 Å². The lowest BCUT2D eigenvalue weighted by Crippen LogP contribution is -2.60. The van der Waals surface area contributed by atoms with Gasteiger partial charge < -0.3 is 20.5 Å². The van der Waals surface area contributed by atoms with Crippen LogP contribution in [0.4, 0.5) is 4.79 Å². The van der Waals surface area contributed by atoms with E-state index in [1.807, 2.05) is 27.7 Å². The van der Waals surface area contributed by atoms with Gasteiger partial charge >= 0.3 is 12.0 Å².